The lowest BCUT2D eigenvalue weighted by molar-refractivity contribution is -0.138. The normalized spacial score (nSPS) is 12.5. The Morgan fingerprint density at radius 1 is 1.17 bits per heavy atom. The molecule has 18 heavy (non-hydrogen) atoms. The smallest absolute Gasteiger partial charge is 0.304 e. The van der Waals surface area contributed by atoms with E-state index in [1.165, 1.54) is 0 Å². The molecule has 0 amide bonds. The zero-order chi connectivity index (χ0) is 14.0. The van der Waals surface area contributed by atoms with Crippen LogP contribution >= 0.6 is 0 Å². The molecule has 1 rings (SSSR count). The SMILES string of the molecule is CC(F)(F)Cc1ccc(C(C)(C)CC(=O)O)cc1. The number of alkyl halides is 2. The van der Waals surface area contributed by atoms with Crippen LogP contribution in [0.3, 0.4) is 0 Å². The maximum Gasteiger partial charge on any atom is 0.304 e. The standard InChI is InChI=1S/C14H18F2O2/c1-13(2,9-12(17)18)11-6-4-10(5-7-11)8-14(3,15)16/h4-7H,8-9H2,1-3H3,(H,17,18). The third-order valence-electron chi connectivity index (χ3n) is 2.84. The van der Waals surface area contributed by atoms with Crippen molar-refractivity contribution in [2.75, 3.05) is 0 Å². The minimum Gasteiger partial charge on any atom is -0.481 e. The Labute approximate surface area is 106 Å². The second-order valence-corrected chi connectivity index (χ2v) is 5.40. The summed E-state index contributed by atoms with van der Waals surface area (Å²) in [6.45, 7) is 4.53. The number of hydrogen-bond acceptors (Lipinski definition) is 1. The van der Waals surface area contributed by atoms with Crippen molar-refractivity contribution in [1.29, 1.82) is 0 Å². The average Bonchev–Trinajstić information content (AvgIpc) is 2.13. The van der Waals surface area contributed by atoms with E-state index in [-0.39, 0.29) is 12.8 Å². The number of aliphatic carboxylic acids is 1. The number of carboxylic acids is 1. The molecule has 0 fully saturated rings. The molecule has 0 spiro atoms. The fourth-order valence-corrected chi connectivity index (χ4v) is 1.91. The predicted molar refractivity (Wildman–Crippen MR) is 66.0 cm³/mol. The molecule has 0 aliphatic carbocycles. The summed E-state index contributed by atoms with van der Waals surface area (Å²) in [6.07, 6.45) is -0.289. The Morgan fingerprint density at radius 2 is 1.67 bits per heavy atom. The summed E-state index contributed by atoms with van der Waals surface area (Å²) in [5.41, 5.74) is 0.893. The average molecular weight is 256 g/mol. The molecule has 1 aromatic carbocycles. The van der Waals surface area contributed by atoms with Gasteiger partial charge in [0.05, 0.1) is 6.42 Å². The lowest BCUT2D eigenvalue weighted by Gasteiger charge is -2.23. The van der Waals surface area contributed by atoms with Gasteiger partial charge in [0.1, 0.15) is 0 Å². The zero-order valence-corrected chi connectivity index (χ0v) is 10.8. The highest BCUT2D eigenvalue weighted by Crippen LogP contribution is 2.28. The zero-order valence-electron chi connectivity index (χ0n) is 10.8. The van der Waals surface area contributed by atoms with Crippen LogP contribution in [0.4, 0.5) is 8.78 Å². The molecule has 0 atom stereocenters. The van der Waals surface area contributed by atoms with Gasteiger partial charge >= 0.3 is 5.97 Å². The number of hydrogen-bond donors (Lipinski definition) is 1. The topological polar surface area (TPSA) is 37.3 Å². The number of benzene rings is 1. The van der Waals surface area contributed by atoms with E-state index >= 15 is 0 Å². The van der Waals surface area contributed by atoms with Crippen LogP contribution in [0.15, 0.2) is 24.3 Å². The van der Waals surface area contributed by atoms with Crippen LogP contribution in [-0.2, 0) is 16.6 Å². The van der Waals surface area contributed by atoms with E-state index in [0.717, 1.165) is 12.5 Å². The molecular weight excluding hydrogens is 238 g/mol. The maximum atomic E-state index is 12.8. The lowest BCUT2D eigenvalue weighted by atomic mass is 9.81. The molecule has 0 radical (unpaired) electrons. The van der Waals surface area contributed by atoms with Gasteiger partial charge in [-0.05, 0) is 18.1 Å². The van der Waals surface area contributed by atoms with E-state index in [2.05, 4.69) is 0 Å². The van der Waals surface area contributed by atoms with Gasteiger partial charge in [-0.1, -0.05) is 38.1 Å². The van der Waals surface area contributed by atoms with Crippen molar-refractivity contribution < 1.29 is 18.7 Å². The molecule has 0 unspecified atom stereocenters. The monoisotopic (exact) mass is 256 g/mol. The van der Waals surface area contributed by atoms with Crippen LogP contribution in [0.1, 0.15) is 38.3 Å². The van der Waals surface area contributed by atoms with E-state index in [4.69, 9.17) is 5.11 Å². The minimum atomic E-state index is -2.72. The van der Waals surface area contributed by atoms with Crippen molar-refractivity contribution in [3.63, 3.8) is 0 Å². The highest BCUT2D eigenvalue weighted by atomic mass is 19.3. The van der Waals surface area contributed by atoms with E-state index in [1.54, 1.807) is 24.3 Å². The minimum absolute atomic E-state index is 0.0102. The summed E-state index contributed by atoms with van der Waals surface area (Å²) in [5, 5.41) is 8.82. The van der Waals surface area contributed by atoms with E-state index in [1.807, 2.05) is 13.8 Å². The molecule has 100 valence electrons. The number of rotatable bonds is 5. The molecule has 0 heterocycles. The highest BCUT2D eigenvalue weighted by molar-refractivity contribution is 5.68. The molecule has 2 nitrogen and oxygen atoms in total. The van der Waals surface area contributed by atoms with Gasteiger partial charge in [-0.15, -0.1) is 0 Å². The summed E-state index contributed by atoms with van der Waals surface area (Å²) < 4.78 is 25.7. The predicted octanol–water partition coefficient (Wildman–Crippen LogP) is 3.64. The molecular formula is C14H18F2O2. The largest absolute Gasteiger partial charge is 0.481 e. The molecule has 0 aliphatic heterocycles. The molecule has 1 aromatic rings. The van der Waals surface area contributed by atoms with Crippen molar-refractivity contribution in [2.24, 2.45) is 0 Å². The molecule has 0 aliphatic rings. The molecule has 4 heteroatoms. The van der Waals surface area contributed by atoms with Crippen LogP contribution < -0.4 is 0 Å². The van der Waals surface area contributed by atoms with Gasteiger partial charge in [0, 0.05) is 11.8 Å². The van der Waals surface area contributed by atoms with Crippen molar-refractivity contribution in [3.8, 4) is 0 Å². The molecule has 1 N–H and O–H groups in total. The molecule has 0 aromatic heterocycles. The Bertz CT molecular complexity index is 416. The van der Waals surface area contributed by atoms with Crippen molar-refractivity contribution in [1.82, 2.24) is 0 Å². The van der Waals surface area contributed by atoms with Gasteiger partial charge in [0.25, 0.3) is 0 Å². The van der Waals surface area contributed by atoms with Gasteiger partial charge in [-0.3, -0.25) is 4.79 Å². The first-order chi connectivity index (χ1) is 8.10. The third-order valence-corrected chi connectivity index (χ3v) is 2.84. The second-order valence-electron chi connectivity index (χ2n) is 5.40. The molecule has 0 saturated heterocycles. The van der Waals surface area contributed by atoms with E-state index in [9.17, 15) is 13.6 Å². The first-order valence-corrected chi connectivity index (χ1v) is 5.79. The van der Waals surface area contributed by atoms with Gasteiger partial charge in [0.2, 0.25) is 5.92 Å². The maximum absolute atomic E-state index is 12.8. The highest BCUT2D eigenvalue weighted by Gasteiger charge is 2.25. The molecule has 0 saturated carbocycles. The van der Waals surface area contributed by atoms with Gasteiger partial charge in [-0.2, -0.15) is 0 Å². The summed E-state index contributed by atoms with van der Waals surface area (Å²) in [5.74, 6) is -3.60. The first-order valence-electron chi connectivity index (χ1n) is 5.79. The quantitative estimate of drug-likeness (QED) is 0.873. The van der Waals surface area contributed by atoms with Gasteiger partial charge in [0.15, 0.2) is 0 Å². The number of carbonyl (C=O) groups is 1. The Balaban J connectivity index is 2.85. The van der Waals surface area contributed by atoms with Crippen molar-refractivity contribution in [2.45, 2.75) is 45.0 Å². The van der Waals surface area contributed by atoms with Crippen LogP contribution in [0.25, 0.3) is 0 Å². The fourth-order valence-electron chi connectivity index (χ4n) is 1.91. The Morgan fingerprint density at radius 3 is 2.06 bits per heavy atom. The van der Waals surface area contributed by atoms with Gasteiger partial charge in [-0.25, -0.2) is 8.78 Å². The van der Waals surface area contributed by atoms with Gasteiger partial charge < -0.3 is 5.11 Å². The summed E-state index contributed by atoms with van der Waals surface area (Å²) >= 11 is 0. The number of carboxylic acid groups (broad SMARTS) is 1. The molecule has 0 bridgehead atoms. The summed E-state index contributed by atoms with van der Waals surface area (Å²) in [4.78, 5) is 10.7. The third kappa shape index (κ3) is 4.43. The summed E-state index contributed by atoms with van der Waals surface area (Å²) in [6, 6.07) is 6.72. The van der Waals surface area contributed by atoms with Crippen LogP contribution in [0.5, 0.6) is 0 Å². The Kier molecular flexibility index (Phi) is 4.09. The number of halogens is 2. The second kappa shape index (κ2) is 5.04. The summed E-state index contributed by atoms with van der Waals surface area (Å²) in [7, 11) is 0. The van der Waals surface area contributed by atoms with E-state index in [0.29, 0.717) is 5.56 Å². The first kappa shape index (κ1) is 14.6. The van der Waals surface area contributed by atoms with Crippen LogP contribution in [-0.4, -0.2) is 17.0 Å². The Hall–Kier alpha value is -1.45. The van der Waals surface area contributed by atoms with Crippen molar-refractivity contribution >= 4 is 5.97 Å². The van der Waals surface area contributed by atoms with Crippen molar-refractivity contribution in [3.05, 3.63) is 35.4 Å². The van der Waals surface area contributed by atoms with Crippen LogP contribution in [0, 0.1) is 0 Å². The van der Waals surface area contributed by atoms with E-state index < -0.39 is 17.3 Å². The lowest BCUT2D eigenvalue weighted by Crippen LogP contribution is -2.21. The fraction of sp³-hybridized carbons (Fsp3) is 0.500. The van der Waals surface area contributed by atoms with Crippen LogP contribution in [0.2, 0.25) is 0 Å².